The van der Waals surface area contributed by atoms with E-state index < -0.39 is 5.97 Å². The first kappa shape index (κ1) is 12.2. The van der Waals surface area contributed by atoms with Gasteiger partial charge in [0.1, 0.15) is 6.54 Å². The summed E-state index contributed by atoms with van der Waals surface area (Å²) in [5, 5.41) is 12.6. The zero-order chi connectivity index (χ0) is 13.0. The van der Waals surface area contributed by atoms with Crippen LogP contribution < -0.4 is 4.90 Å². The van der Waals surface area contributed by atoms with E-state index in [-0.39, 0.29) is 6.54 Å². The van der Waals surface area contributed by atoms with Crippen molar-refractivity contribution < 1.29 is 14.4 Å². The van der Waals surface area contributed by atoms with Gasteiger partial charge in [-0.1, -0.05) is 22.9 Å². The second kappa shape index (κ2) is 5.35. The molecule has 5 nitrogen and oxygen atoms in total. The molecule has 1 N–H and O–H groups in total. The number of aromatic nitrogens is 1. The molecule has 0 atom stereocenters. The molecule has 0 aliphatic rings. The number of carboxylic acids is 1. The van der Waals surface area contributed by atoms with E-state index in [1.807, 2.05) is 31.2 Å². The highest BCUT2D eigenvalue weighted by atomic mass is 16.5. The van der Waals surface area contributed by atoms with Crippen LogP contribution in [0.1, 0.15) is 11.3 Å². The Morgan fingerprint density at radius 1 is 1.33 bits per heavy atom. The van der Waals surface area contributed by atoms with Crippen molar-refractivity contribution in [2.45, 2.75) is 13.5 Å². The Labute approximate surface area is 105 Å². The van der Waals surface area contributed by atoms with Crippen molar-refractivity contribution in [3.05, 3.63) is 47.9 Å². The summed E-state index contributed by atoms with van der Waals surface area (Å²) in [6.45, 7) is 2.29. The van der Waals surface area contributed by atoms with Crippen LogP contribution in [-0.2, 0) is 11.3 Å². The summed E-state index contributed by atoms with van der Waals surface area (Å²) < 4.78 is 5.01. The summed E-state index contributed by atoms with van der Waals surface area (Å²) in [5.74, 6) is -0.244. The molecule has 2 rings (SSSR count). The number of aliphatic carboxylic acids is 1. The third-order valence-corrected chi connectivity index (χ3v) is 2.56. The third-order valence-electron chi connectivity index (χ3n) is 2.56. The first-order valence-corrected chi connectivity index (χ1v) is 5.58. The Morgan fingerprint density at radius 3 is 2.61 bits per heavy atom. The van der Waals surface area contributed by atoms with Crippen molar-refractivity contribution in [2.24, 2.45) is 0 Å². The minimum Gasteiger partial charge on any atom is -0.480 e. The molecular formula is C13H14N2O3. The average molecular weight is 246 g/mol. The molecular weight excluding hydrogens is 232 g/mol. The summed E-state index contributed by atoms with van der Waals surface area (Å²) in [4.78, 5) is 12.6. The number of aryl methyl sites for hydroxylation is 1. The van der Waals surface area contributed by atoms with E-state index in [9.17, 15) is 4.79 Å². The molecule has 0 aliphatic carbocycles. The van der Waals surface area contributed by atoms with Crippen LogP contribution >= 0.6 is 0 Å². The summed E-state index contributed by atoms with van der Waals surface area (Å²) >= 11 is 0. The van der Waals surface area contributed by atoms with Crippen molar-refractivity contribution in [2.75, 3.05) is 11.4 Å². The Hall–Kier alpha value is -2.30. The van der Waals surface area contributed by atoms with Crippen LogP contribution in [0.5, 0.6) is 0 Å². The minimum absolute atomic E-state index is 0.0796. The SMILES string of the molecule is Cc1ccc(N(CC(=O)O)Cc2ccno2)cc1. The van der Waals surface area contributed by atoms with Gasteiger partial charge in [0.15, 0.2) is 5.76 Å². The molecule has 1 aromatic carbocycles. The van der Waals surface area contributed by atoms with Gasteiger partial charge in [-0.05, 0) is 19.1 Å². The number of nitrogens with zero attached hydrogens (tertiary/aromatic N) is 2. The highest BCUT2D eigenvalue weighted by molar-refractivity contribution is 5.73. The first-order chi connectivity index (χ1) is 8.65. The maximum absolute atomic E-state index is 10.9. The molecule has 2 aromatic rings. The number of carbonyl (C=O) groups is 1. The number of benzene rings is 1. The minimum atomic E-state index is -0.880. The Kier molecular flexibility index (Phi) is 3.62. The van der Waals surface area contributed by atoms with Gasteiger partial charge in [0, 0.05) is 11.8 Å². The second-order valence-corrected chi connectivity index (χ2v) is 4.06. The van der Waals surface area contributed by atoms with Crippen molar-refractivity contribution in [1.29, 1.82) is 0 Å². The number of hydrogen-bond donors (Lipinski definition) is 1. The van der Waals surface area contributed by atoms with Gasteiger partial charge in [-0.25, -0.2) is 0 Å². The molecule has 0 aliphatic heterocycles. The molecule has 94 valence electrons. The Balaban J connectivity index is 2.19. The Bertz CT molecular complexity index is 506. The van der Waals surface area contributed by atoms with E-state index in [1.54, 1.807) is 17.2 Å². The van der Waals surface area contributed by atoms with Crippen molar-refractivity contribution in [3.63, 3.8) is 0 Å². The maximum Gasteiger partial charge on any atom is 0.323 e. The standard InChI is InChI=1S/C13H14N2O3/c1-10-2-4-11(5-3-10)15(9-13(16)17)8-12-6-7-14-18-12/h2-7H,8-9H2,1H3,(H,16,17). The van der Waals surface area contributed by atoms with Gasteiger partial charge in [0.2, 0.25) is 0 Å². The van der Waals surface area contributed by atoms with E-state index in [4.69, 9.17) is 9.63 Å². The van der Waals surface area contributed by atoms with Gasteiger partial charge in [-0.2, -0.15) is 0 Å². The van der Waals surface area contributed by atoms with Gasteiger partial charge in [-0.15, -0.1) is 0 Å². The molecule has 0 saturated carbocycles. The predicted molar refractivity (Wildman–Crippen MR) is 66.4 cm³/mol. The molecule has 0 spiro atoms. The van der Waals surface area contributed by atoms with Crippen LogP contribution in [-0.4, -0.2) is 22.8 Å². The lowest BCUT2D eigenvalue weighted by molar-refractivity contribution is -0.135. The highest BCUT2D eigenvalue weighted by Gasteiger charge is 2.13. The monoisotopic (exact) mass is 246 g/mol. The van der Waals surface area contributed by atoms with E-state index in [0.717, 1.165) is 11.3 Å². The van der Waals surface area contributed by atoms with Crippen molar-refractivity contribution >= 4 is 11.7 Å². The van der Waals surface area contributed by atoms with Crippen LogP contribution in [0.2, 0.25) is 0 Å². The zero-order valence-corrected chi connectivity index (χ0v) is 10.0. The smallest absolute Gasteiger partial charge is 0.323 e. The Morgan fingerprint density at radius 2 is 2.06 bits per heavy atom. The summed E-state index contributed by atoms with van der Waals surface area (Å²) in [6, 6.07) is 9.42. The molecule has 5 heteroatoms. The fourth-order valence-electron chi connectivity index (χ4n) is 1.67. The topological polar surface area (TPSA) is 66.6 Å². The molecule has 0 amide bonds. The van der Waals surface area contributed by atoms with Crippen LogP contribution in [0.4, 0.5) is 5.69 Å². The fourth-order valence-corrected chi connectivity index (χ4v) is 1.67. The van der Waals surface area contributed by atoms with Crippen LogP contribution in [0.15, 0.2) is 41.1 Å². The average Bonchev–Trinajstić information content (AvgIpc) is 2.81. The molecule has 0 fully saturated rings. The van der Waals surface area contributed by atoms with Crippen LogP contribution in [0.3, 0.4) is 0 Å². The molecule has 0 saturated heterocycles. The van der Waals surface area contributed by atoms with Crippen LogP contribution in [0, 0.1) is 6.92 Å². The van der Waals surface area contributed by atoms with E-state index in [2.05, 4.69) is 5.16 Å². The van der Waals surface area contributed by atoms with Gasteiger partial charge in [0.05, 0.1) is 12.7 Å². The molecule has 0 radical (unpaired) electrons. The lowest BCUT2D eigenvalue weighted by atomic mass is 10.2. The van der Waals surface area contributed by atoms with Gasteiger partial charge < -0.3 is 14.5 Å². The molecule has 0 bridgehead atoms. The van der Waals surface area contributed by atoms with Gasteiger partial charge in [-0.3, -0.25) is 4.79 Å². The summed E-state index contributed by atoms with van der Waals surface area (Å²) in [6.07, 6.45) is 1.55. The van der Waals surface area contributed by atoms with E-state index in [0.29, 0.717) is 12.3 Å². The number of rotatable bonds is 5. The molecule has 0 unspecified atom stereocenters. The number of anilines is 1. The predicted octanol–water partition coefficient (Wildman–Crippen LogP) is 2.07. The second-order valence-electron chi connectivity index (χ2n) is 4.06. The first-order valence-electron chi connectivity index (χ1n) is 5.58. The number of carboxylic acid groups (broad SMARTS) is 1. The highest BCUT2D eigenvalue weighted by Crippen LogP contribution is 2.17. The number of hydrogen-bond acceptors (Lipinski definition) is 4. The maximum atomic E-state index is 10.9. The summed E-state index contributed by atoms with van der Waals surface area (Å²) in [5.41, 5.74) is 1.98. The normalized spacial score (nSPS) is 10.3. The quantitative estimate of drug-likeness (QED) is 0.874. The van der Waals surface area contributed by atoms with Crippen LogP contribution in [0.25, 0.3) is 0 Å². The summed E-state index contributed by atoms with van der Waals surface area (Å²) in [7, 11) is 0. The molecule has 1 heterocycles. The lowest BCUT2D eigenvalue weighted by Crippen LogP contribution is -2.28. The largest absolute Gasteiger partial charge is 0.480 e. The van der Waals surface area contributed by atoms with E-state index >= 15 is 0 Å². The van der Waals surface area contributed by atoms with Gasteiger partial charge in [0.25, 0.3) is 0 Å². The van der Waals surface area contributed by atoms with Crippen molar-refractivity contribution in [3.8, 4) is 0 Å². The van der Waals surface area contributed by atoms with Gasteiger partial charge >= 0.3 is 5.97 Å². The zero-order valence-electron chi connectivity index (χ0n) is 10.0. The third kappa shape index (κ3) is 3.10. The van der Waals surface area contributed by atoms with Crippen molar-refractivity contribution in [1.82, 2.24) is 5.16 Å². The van der Waals surface area contributed by atoms with E-state index in [1.165, 1.54) is 0 Å². The molecule has 1 aromatic heterocycles. The molecule has 18 heavy (non-hydrogen) atoms. The lowest BCUT2D eigenvalue weighted by Gasteiger charge is -2.21. The fraction of sp³-hybridized carbons (Fsp3) is 0.231.